The Hall–Kier alpha value is -3.87. The lowest BCUT2D eigenvalue weighted by molar-refractivity contribution is 0.0953. The van der Waals surface area contributed by atoms with Crippen LogP contribution in [0, 0.1) is 5.82 Å². The van der Waals surface area contributed by atoms with E-state index in [1.54, 1.807) is 7.11 Å². The van der Waals surface area contributed by atoms with Crippen LogP contribution in [0.1, 0.15) is 29.0 Å². The maximum absolute atomic E-state index is 13.0. The lowest BCUT2D eigenvalue weighted by Crippen LogP contribution is -2.25. The molecular weight excluding hydrogens is 433 g/mol. The Bertz CT molecular complexity index is 1240. The third-order valence-corrected chi connectivity index (χ3v) is 5.54. The van der Waals surface area contributed by atoms with E-state index in [1.807, 2.05) is 42.5 Å². The molecule has 4 aromatic rings. The molecule has 0 spiro atoms. The van der Waals surface area contributed by atoms with Gasteiger partial charge in [0.15, 0.2) is 0 Å². The van der Waals surface area contributed by atoms with Crippen LogP contribution >= 0.6 is 0 Å². The zero-order valence-electron chi connectivity index (χ0n) is 19.2. The number of carbonyl (C=O) groups is 1. The molecule has 4 rings (SSSR count). The number of hydrogen-bond donors (Lipinski definition) is 1. The smallest absolute Gasteiger partial charge is 0.251 e. The number of methoxy groups -OCH3 is 1. The molecule has 0 unspecified atom stereocenters. The van der Waals surface area contributed by atoms with Crippen molar-refractivity contribution in [2.45, 2.75) is 25.8 Å². The van der Waals surface area contributed by atoms with Crippen molar-refractivity contribution in [1.29, 1.82) is 0 Å². The van der Waals surface area contributed by atoms with Crippen molar-refractivity contribution in [1.82, 2.24) is 14.9 Å². The Morgan fingerprint density at radius 3 is 2.62 bits per heavy atom. The van der Waals surface area contributed by atoms with Crippen LogP contribution in [0.3, 0.4) is 0 Å². The largest absolute Gasteiger partial charge is 0.497 e. The second kappa shape index (κ2) is 11.3. The molecule has 0 bridgehead atoms. The van der Waals surface area contributed by atoms with Gasteiger partial charge in [-0.05, 0) is 61.4 Å². The molecular formula is C27H28FN3O3. The average molecular weight is 462 g/mol. The number of halogens is 1. The normalized spacial score (nSPS) is 10.9. The van der Waals surface area contributed by atoms with Gasteiger partial charge in [0.2, 0.25) is 0 Å². The predicted molar refractivity (Wildman–Crippen MR) is 130 cm³/mol. The number of benzene rings is 3. The van der Waals surface area contributed by atoms with E-state index in [1.165, 1.54) is 24.3 Å². The van der Waals surface area contributed by atoms with Crippen LogP contribution in [0.4, 0.5) is 4.39 Å². The number of rotatable bonds is 11. The number of para-hydroxylation sites is 2. The summed E-state index contributed by atoms with van der Waals surface area (Å²) in [7, 11) is 1.64. The van der Waals surface area contributed by atoms with E-state index in [0.29, 0.717) is 18.7 Å². The van der Waals surface area contributed by atoms with Crippen LogP contribution in [0.2, 0.25) is 0 Å². The van der Waals surface area contributed by atoms with E-state index in [4.69, 9.17) is 14.5 Å². The van der Waals surface area contributed by atoms with Crippen molar-refractivity contribution in [3.8, 4) is 11.5 Å². The third-order valence-electron chi connectivity index (χ3n) is 5.54. The lowest BCUT2D eigenvalue weighted by atomic mass is 10.2. The fraction of sp³-hybridized carbons (Fsp3) is 0.259. The van der Waals surface area contributed by atoms with Crippen molar-refractivity contribution in [2.75, 3.05) is 20.3 Å². The lowest BCUT2D eigenvalue weighted by Gasteiger charge is -2.11. The molecule has 3 aromatic carbocycles. The fourth-order valence-electron chi connectivity index (χ4n) is 3.82. The highest BCUT2D eigenvalue weighted by atomic mass is 19.1. The number of aromatic nitrogens is 2. The highest BCUT2D eigenvalue weighted by Crippen LogP contribution is 2.20. The molecule has 1 heterocycles. The van der Waals surface area contributed by atoms with Crippen LogP contribution in [-0.2, 0) is 13.0 Å². The second-order valence-corrected chi connectivity index (χ2v) is 7.92. The maximum atomic E-state index is 13.0. The first kappa shape index (κ1) is 23.3. The number of carbonyl (C=O) groups excluding carboxylic acids is 1. The van der Waals surface area contributed by atoms with Gasteiger partial charge in [-0.3, -0.25) is 4.79 Å². The summed E-state index contributed by atoms with van der Waals surface area (Å²) in [5.41, 5.74) is 2.50. The zero-order valence-corrected chi connectivity index (χ0v) is 19.2. The van der Waals surface area contributed by atoms with Gasteiger partial charge in [-0.2, -0.15) is 0 Å². The molecule has 0 aliphatic rings. The van der Waals surface area contributed by atoms with E-state index in [9.17, 15) is 9.18 Å². The highest BCUT2D eigenvalue weighted by molar-refractivity contribution is 5.94. The molecule has 0 aliphatic heterocycles. The molecule has 0 radical (unpaired) electrons. The Labute approximate surface area is 198 Å². The summed E-state index contributed by atoms with van der Waals surface area (Å²) in [6.07, 6.45) is 2.30. The Morgan fingerprint density at radius 2 is 1.79 bits per heavy atom. The summed E-state index contributed by atoms with van der Waals surface area (Å²) >= 11 is 0. The number of fused-ring (bicyclic) bond motifs is 1. The number of amides is 1. The van der Waals surface area contributed by atoms with Crippen molar-refractivity contribution >= 4 is 16.9 Å². The van der Waals surface area contributed by atoms with Gasteiger partial charge in [0.05, 0.1) is 24.8 Å². The molecule has 0 atom stereocenters. The van der Waals surface area contributed by atoms with Gasteiger partial charge in [0.25, 0.3) is 5.91 Å². The molecule has 7 heteroatoms. The van der Waals surface area contributed by atoms with Crippen LogP contribution in [-0.4, -0.2) is 35.7 Å². The number of imidazole rings is 1. The minimum atomic E-state index is -0.357. The van der Waals surface area contributed by atoms with Gasteiger partial charge < -0.3 is 19.4 Å². The van der Waals surface area contributed by atoms with Crippen LogP contribution < -0.4 is 14.8 Å². The van der Waals surface area contributed by atoms with Crippen molar-refractivity contribution in [2.24, 2.45) is 0 Å². The predicted octanol–water partition coefficient (Wildman–Crippen LogP) is 5.02. The standard InChI is InChI=1S/C27H28FN3O3/c1-33-22-7-4-8-23(19-22)34-18-6-17-31-25-10-3-2-9-24(25)30-26(31)11-5-16-29-27(32)20-12-14-21(28)15-13-20/h2-4,7-10,12-15,19H,5-6,11,16-18H2,1H3,(H,29,32). The molecule has 0 aliphatic carbocycles. The summed E-state index contributed by atoms with van der Waals surface area (Å²) in [6.45, 7) is 1.87. The van der Waals surface area contributed by atoms with E-state index in [-0.39, 0.29) is 11.7 Å². The summed E-state index contributed by atoms with van der Waals surface area (Å²) in [6, 6.07) is 21.2. The van der Waals surface area contributed by atoms with Crippen molar-refractivity contribution in [3.05, 3.63) is 90.0 Å². The summed E-state index contributed by atoms with van der Waals surface area (Å²) in [4.78, 5) is 17.0. The van der Waals surface area contributed by atoms with Crippen LogP contribution in [0.5, 0.6) is 11.5 Å². The van der Waals surface area contributed by atoms with E-state index >= 15 is 0 Å². The number of hydrogen-bond acceptors (Lipinski definition) is 4. The van der Waals surface area contributed by atoms with Crippen LogP contribution in [0.25, 0.3) is 11.0 Å². The van der Waals surface area contributed by atoms with E-state index in [0.717, 1.165) is 54.2 Å². The molecule has 0 fully saturated rings. The topological polar surface area (TPSA) is 65.4 Å². The summed E-state index contributed by atoms with van der Waals surface area (Å²) in [5.74, 6) is 1.98. The Morgan fingerprint density at radius 1 is 1.00 bits per heavy atom. The molecule has 0 saturated heterocycles. The van der Waals surface area contributed by atoms with Gasteiger partial charge in [-0.1, -0.05) is 18.2 Å². The monoisotopic (exact) mass is 461 g/mol. The number of nitrogens with one attached hydrogen (secondary N) is 1. The molecule has 176 valence electrons. The van der Waals surface area contributed by atoms with E-state index in [2.05, 4.69) is 16.0 Å². The zero-order chi connectivity index (χ0) is 23.8. The quantitative estimate of drug-likeness (QED) is 0.319. The minimum absolute atomic E-state index is 0.205. The average Bonchev–Trinajstić information content (AvgIpc) is 3.22. The first-order valence-electron chi connectivity index (χ1n) is 11.4. The SMILES string of the molecule is COc1cccc(OCCCn2c(CCCNC(=O)c3ccc(F)cc3)nc3ccccc32)c1. The Kier molecular flexibility index (Phi) is 7.75. The number of aryl methyl sites for hydroxylation is 2. The molecule has 6 nitrogen and oxygen atoms in total. The van der Waals surface area contributed by atoms with Crippen LogP contribution in [0.15, 0.2) is 72.8 Å². The molecule has 1 N–H and O–H groups in total. The molecule has 1 amide bonds. The first-order valence-corrected chi connectivity index (χ1v) is 11.4. The Balaban J connectivity index is 1.32. The molecule has 1 aromatic heterocycles. The highest BCUT2D eigenvalue weighted by Gasteiger charge is 2.11. The second-order valence-electron chi connectivity index (χ2n) is 7.92. The van der Waals surface area contributed by atoms with Gasteiger partial charge in [0.1, 0.15) is 23.1 Å². The third kappa shape index (κ3) is 5.92. The summed E-state index contributed by atoms with van der Waals surface area (Å²) in [5, 5.41) is 2.89. The molecule has 34 heavy (non-hydrogen) atoms. The fourth-order valence-corrected chi connectivity index (χ4v) is 3.82. The summed E-state index contributed by atoms with van der Waals surface area (Å²) < 4.78 is 26.4. The van der Waals surface area contributed by atoms with Gasteiger partial charge in [-0.25, -0.2) is 9.37 Å². The van der Waals surface area contributed by atoms with Crippen molar-refractivity contribution < 1.29 is 18.7 Å². The maximum Gasteiger partial charge on any atom is 0.251 e. The van der Waals surface area contributed by atoms with Gasteiger partial charge >= 0.3 is 0 Å². The van der Waals surface area contributed by atoms with E-state index < -0.39 is 0 Å². The van der Waals surface area contributed by atoms with Gasteiger partial charge in [0, 0.05) is 31.1 Å². The van der Waals surface area contributed by atoms with Crippen molar-refractivity contribution in [3.63, 3.8) is 0 Å². The molecule has 0 saturated carbocycles. The number of ether oxygens (including phenoxy) is 2. The first-order chi connectivity index (χ1) is 16.6. The van der Waals surface area contributed by atoms with Gasteiger partial charge in [-0.15, -0.1) is 0 Å². The minimum Gasteiger partial charge on any atom is -0.497 e. The number of nitrogens with zero attached hydrogens (tertiary/aromatic N) is 2.